The molecule has 0 radical (unpaired) electrons. The summed E-state index contributed by atoms with van der Waals surface area (Å²) in [5, 5.41) is 13.0. The van der Waals surface area contributed by atoms with Crippen LogP contribution in [-0.2, 0) is 4.74 Å². The zero-order chi connectivity index (χ0) is 12.3. The summed E-state index contributed by atoms with van der Waals surface area (Å²) in [7, 11) is 1.29. The van der Waals surface area contributed by atoms with E-state index in [9.17, 15) is 4.79 Å². The molecule has 0 saturated carbocycles. The predicted molar refractivity (Wildman–Crippen MR) is 57.4 cm³/mol. The third-order valence-electron chi connectivity index (χ3n) is 2.20. The minimum atomic E-state index is -0.480. The number of methoxy groups -OCH3 is 1. The normalized spacial score (nSPS) is 9.65. The van der Waals surface area contributed by atoms with Crippen molar-refractivity contribution in [2.24, 2.45) is 0 Å². The van der Waals surface area contributed by atoms with Crippen molar-refractivity contribution in [3.63, 3.8) is 0 Å². The maximum atomic E-state index is 11.3. The fourth-order valence-corrected chi connectivity index (χ4v) is 1.40. The highest BCUT2D eigenvalue weighted by Crippen LogP contribution is 2.15. The minimum absolute atomic E-state index is 0.327. The first-order valence-electron chi connectivity index (χ1n) is 4.73. The zero-order valence-electron chi connectivity index (χ0n) is 8.99. The van der Waals surface area contributed by atoms with Gasteiger partial charge in [0.15, 0.2) is 0 Å². The van der Waals surface area contributed by atoms with Crippen molar-refractivity contribution in [1.82, 2.24) is 14.8 Å². The molecule has 1 aromatic heterocycles. The van der Waals surface area contributed by atoms with E-state index < -0.39 is 5.97 Å². The first-order chi connectivity index (χ1) is 8.26. The molecule has 0 aliphatic carbocycles. The lowest BCUT2D eigenvalue weighted by atomic mass is 10.1. The zero-order valence-corrected chi connectivity index (χ0v) is 8.99. The second kappa shape index (κ2) is 4.45. The molecular formula is C11H8N4O2. The Labute approximate surface area is 97.1 Å². The van der Waals surface area contributed by atoms with E-state index in [0.717, 1.165) is 0 Å². The second-order valence-electron chi connectivity index (χ2n) is 3.18. The highest BCUT2D eigenvalue weighted by Gasteiger charge is 2.11. The topological polar surface area (TPSA) is 80.8 Å². The molecule has 2 aromatic rings. The smallest absolute Gasteiger partial charge is 0.337 e. The number of hydrogen-bond acceptors (Lipinski definition) is 5. The van der Waals surface area contributed by atoms with Crippen molar-refractivity contribution in [2.45, 2.75) is 0 Å². The predicted octanol–water partition coefficient (Wildman–Crippen LogP) is 0.926. The molecule has 0 unspecified atom stereocenters. The van der Waals surface area contributed by atoms with Crippen LogP contribution in [0.25, 0.3) is 5.69 Å². The van der Waals surface area contributed by atoms with E-state index in [4.69, 9.17) is 5.26 Å². The summed E-state index contributed by atoms with van der Waals surface area (Å²) in [5.41, 5.74) is 1.23. The molecule has 2 rings (SSSR count). The fourth-order valence-electron chi connectivity index (χ4n) is 1.40. The Morgan fingerprint density at radius 1 is 1.53 bits per heavy atom. The summed E-state index contributed by atoms with van der Waals surface area (Å²) in [4.78, 5) is 15.1. The van der Waals surface area contributed by atoms with Gasteiger partial charge in [-0.2, -0.15) is 10.4 Å². The van der Waals surface area contributed by atoms with Crippen LogP contribution in [0.2, 0.25) is 0 Å². The fraction of sp³-hybridized carbons (Fsp3) is 0.0909. The van der Waals surface area contributed by atoms with E-state index in [2.05, 4.69) is 14.8 Å². The summed E-state index contributed by atoms with van der Waals surface area (Å²) < 4.78 is 6.04. The van der Waals surface area contributed by atoms with Gasteiger partial charge in [-0.3, -0.25) is 0 Å². The SMILES string of the molecule is COC(=O)c1ccc(-n2cncn2)c(C#N)c1. The Hall–Kier alpha value is -2.68. The molecule has 0 N–H and O–H groups in total. The Bertz CT molecular complexity index is 584. The van der Waals surface area contributed by atoms with Crippen LogP contribution >= 0.6 is 0 Å². The first-order valence-corrected chi connectivity index (χ1v) is 4.73. The molecule has 1 heterocycles. The van der Waals surface area contributed by atoms with Crippen LogP contribution in [0.5, 0.6) is 0 Å². The lowest BCUT2D eigenvalue weighted by Crippen LogP contribution is -2.04. The molecule has 1 aromatic carbocycles. The first kappa shape index (κ1) is 10.8. The standard InChI is InChI=1S/C11H8N4O2/c1-17-11(16)8-2-3-10(9(4-8)5-12)15-7-13-6-14-15/h2-4,6-7H,1H3. The lowest BCUT2D eigenvalue weighted by Gasteiger charge is -2.05. The average molecular weight is 228 g/mol. The summed E-state index contributed by atoms with van der Waals surface area (Å²) in [6.45, 7) is 0. The van der Waals surface area contributed by atoms with Crippen LogP contribution in [0.15, 0.2) is 30.9 Å². The number of aromatic nitrogens is 3. The van der Waals surface area contributed by atoms with Gasteiger partial charge in [-0.05, 0) is 18.2 Å². The van der Waals surface area contributed by atoms with Gasteiger partial charge in [0.25, 0.3) is 0 Å². The number of ether oxygens (including phenoxy) is 1. The molecular weight excluding hydrogens is 220 g/mol. The van der Waals surface area contributed by atoms with Gasteiger partial charge >= 0.3 is 5.97 Å². The van der Waals surface area contributed by atoms with Gasteiger partial charge in [0.05, 0.1) is 23.9 Å². The lowest BCUT2D eigenvalue weighted by molar-refractivity contribution is 0.0600. The summed E-state index contributed by atoms with van der Waals surface area (Å²) in [6.07, 6.45) is 2.85. The molecule has 84 valence electrons. The number of nitriles is 1. The van der Waals surface area contributed by atoms with Gasteiger partial charge in [-0.25, -0.2) is 14.5 Å². The molecule has 0 spiro atoms. The highest BCUT2D eigenvalue weighted by molar-refractivity contribution is 5.90. The molecule has 0 aliphatic rings. The van der Waals surface area contributed by atoms with E-state index in [-0.39, 0.29) is 0 Å². The molecule has 6 nitrogen and oxygen atoms in total. The third-order valence-corrected chi connectivity index (χ3v) is 2.20. The van der Waals surface area contributed by atoms with E-state index in [1.54, 1.807) is 12.1 Å². The number of esters is 1. The molecule has 0 saturated heterocycles. The van der Waals surface area contributed by atoms with Gasteiger partial charge in [0.1, 0.15) is 18.7 Å². The summed E-state index contributed by atoms with van der Waals surface area (Å²) in [6, 6.07) is 6.67. The van der Waals surface area contributed by atoms with Crippen LogP contribution in [0.3, 0.4) is 0 Å². The highest BCUT2D eigenvalue weighted by atomic mass is 16.5. The molecule has 0 fully saturated rings. The van der Waals surface area contributed by atoms with E-state index >= 15 is 0 Å². The molecule has 0 amide bonds. The number of carbonyl (C=O) groups is 1. The largest absolute Gasteiger partial charge is 0.465 e. The quantitative estimate of drug-likeness (QED) is 0.714. The number of hydrogen-bond donors (Lipinski definition) is 0. The Morgan fingerprint density at radius 2 is 2.35 bits per heavy atom. The molecule has 17 heavy (non-hydrogen) atoms. The van der Waals surface area contributed by atoms with Gasteiger partial charge in [0, 0.05) is 0 Å². The van der Waals surface area contributed by atoms with Crippen molar-refractivity contribution in [3.8, 4) is 11.8 Å². The minimum Gasteiger partial charge on any atom is -0.465 e. The molecule has 6 heteroatoms. The number of benzene rings is 1. The molecule has 0 aliphatic heterocycles. The van der Waals surface area contributed by atoms with E-state index in [1.165, 1.54) is 30.5 Å². The van der Waals surface area contributed by atoms with Crippen LogP contribution in [0.4, 0.5) is 0 Å². The van der Waals surface area contributed by atoms with Crippen molar-refractivity contribution in [3.05, 3.63) is 42.0 Å². The van der Waals surface area contributed by atoms with Gasteiger partial charge < -0.3 is 4.74 Å². The van der Waals surface area contributed by atoms with Crippen molar-refractivity contribution < 1.29 is 9.53 Å². The number of carbonyl (C=O) groups excluding carboxylic acids is 1. The van der Waals surface area contributed by atoms with Crippen LogP contribution < -0.4 is 0 Å². The van der Waals surface area contributed by atoms with Crippen molar-refractivity contribution >= 4 is 5.97 Å². The second-order valence-corrected chi connectivity index (χ2v) is 3.18. The third kappa shape index (κ3) is 1.99. The Kier molecular flexibility index (Phi) is 2.83. The summed E-state index contributed by atoms with van der Waals surface area (Å²) >= 11 is 0. The molecule has 0 bridgehead atoms. The van der Waals surface area contributed by atoms with Gasteiger partial charge in [-0.15, -0.1) is 0 Å². The van der Waals surface area contributed by atoms with Gasteiger partial charge in [0.2, 0.25) is 0 Å². The summed E-state index contributed by atoms with van der Waals surface area (Å²) in [5.74, 6) is -0.480. The Balaban J connectivity index is 2.51. The van der Waals surface area contributed by atoms with Crippen LogP contribution in [0, 0.1) is 11.3 Å². The van der Waals surface area contributed by atoms with E-state index in [0.29, 0.717) is 16.8 Å². The monoisotopic (exact) mass is 228 g/mol. The van der Waals surface area contributed by atoms with Crippen molar-refractivity contribution in [1.29, 1.82) is 5.26 Å². The van der Waals surface area contributed by atoms with Crippen molar-refractivity contribution in [2.75, 3.05) is 7.11 Å². The maximum absolute atomic E-state index is 11.3. The maximum Gasteiger partial charge on any atom is 0.337 e. The van der Waals surface area contributed by atoms with Gasteiger partial charge in [-0.1, -0.05) is 0 Å². The average Bonchev–Trinajstić information content (AvgIpc) is 2.90. The Morgan fingerprint density at radius 3 is 2.94 bits per heavy atom. The number of rotatable bonds is 2. The van der Waals surface area contributed by atoms with Crippen LogP contribution in [0.1, 0.15) is 15.9 Å². The number of nitrogens with zero attached hydrogens (tertiary/aromatic N) is 4. The molecule has 0 atom stereocenters. The van der Waals surface area contributed by atoms with Crippen LogP contribution in [-0.4, -0.2) is 27.8 Å². The van der Waals surface area contributed by atoms with E-state index in [1.807, 2.05) is 6.07 Å².